The maximum absolute atomic E-state index is 11.8. The average molecular weight is 204 g/mol. The van der Waals surface area contributed by atoms with Gasteiger partial charge in [-0.3, -0.25) is 4.57 Å². The predicted octanol–water partition coefficient (Wildman–Crippen LogP) is 2.43. The zero-order chi connectivity index (χ0) is 10.5. The Labute approximate surface area is 80.0 Å². The smallest absolute Gasteiger partial charge is 0.310 e. The molecule has 0 rings (SSSR count). The van der Waals surface area contributed by atoms with Crippen LogP contribution in [0.15, 0.2) is 0 Å². The fourth-order valence-corrected chi connectivity index (χ4v) is 2.60. The molecule has 0 saturated heterocycles. The lowest BCUT2D eigenvalue weighted by atomic mass is 10.4. The van der Waals surface area contributed by atoms with Crippen LogP contribution < -0.4 is 0 Å². The first-order valence-corrected chi connectivity index (χ1v) is 5.93. The van der Waals surface area contributed by atoms with Gasteiger partial charge in [0.2, 0.25) is 0 Å². The molecule has 0 aliphatic rings. The third-order valence-electron chi connectivity index (χ3n) is 1.76. The summed E-state index contributed by atoms with van der Waals surface area (Å²) in [5.74, 6) is 1.75. The highest BCUT2D eigenvalue weighted by atomic mass is 31.2. The molecule has 1 unspecified atom stereocenters. The second-order valence-electron chi connectivity index (χ2n) is 3.06. The van der Waals surface area contributed by atoms with E-state index in [-0.39, 0.29) is 6.04 Å². The lowest BCUT2D eigenvalue weighted by Crippen LogP contribution is -2.28. The summed E-state index contributed by atoms with van der Waals surface area (Å²) in [5, 5.41) is 8.75. The van der Waals surface area contributed by atoms with Crippen molar-refractivity contribution < 1.29 is 9.09 Å². The van der Waals surface area contributed by atoms with Crippen LogP contribution in [0.5, 0.6) is 0 Å². The Morgan fingerprint density at radius 1 is 1.62 bits per heavy atom. The maximum atomic E-state index is 11.8. The third-order valence-corrected chi connectivity index (χ3v) is 3.85. The number of nitrogens with zero attached hydrogens (tertiary/aromatic N) is 2. The largest absolute Gasteiger partial charge is 0.371 e. The molecule has 0 N–H and O–H groups in total. The summed E-state index contributed by atoms with van der Waals surface area (Å²) in [6, 6.07) is 0.0605. The normalized spacial score (nSPS) is 15.8. The second-order valence-corrected chi connectivity index (χ2v) is 5.18. The van der Waals surface area contributed by atoms with Gasteiger partial charge in [0.15, 0.2) is 5.81 Å². The van der Waals surface area contributed by atoms with E-state index in [1.165, 1.54) is 7.11 Å². The zero-order valence-electron chi connectivity index (χ0n) is 8.65. The zero-order valence-corrected chi connectivity index (χ0v) is 9.54. The predicted molar refractivity (Wildman–Crippen MR) is 52.4 cm³/mol. The van der Waals surface area contributed by atoms with Gasteiger partial charge in [0.1, 0.15) is 0 Å². The molecule has 0 spiro atoms. The van der Waals surface area contributed by atoms with Crippen LogP contribution in [0.3, 0.4) is 0 Å². The minimum atomic E-state index is -3.23. The van der Waals surface area contributed by atoms with Crippen LogP contribution >= 0.6 is 7.52 Å². The second kappa shape index (κ2) is 5.39. The lowest BCUT2D eigenvalue weighted by Gasteiger charge is -2.28. The van der Waals surface area contributed by atoms with Gasteiger partial charge in [-0.15, -0.1) is 0 Å². The molecule has 4 nitrogen and oxygen atoms in total. The quantitative estimate of drug-likeness (QED) is 0.645. The van der Waals surface area contributed by atoms with Crippen LogP contribution in [0, 0.1) is 11.1 Å². The van der Waals surface area contributed by atoms with Crippen molar-refractivity contribution in [3.63, 3.8) is 0 Å². The van der Waals surface area contributed by atoms with Gasteiger partial charge in [-0.1, -0.05) is 6.92 Å². The van der Waals surface area contributed by atoms with Crippen LogP contribution in [0.1, 0.15) is 27.2 Å². The van der Waals surface area contributed by atoms with E-state index in [1.54, 1.807) is 10.5 Å². The number of rotatable bonds is 5. The van der Waals surface area contributed by atoms with E-state index in [0.29, 0.717) is 6.54 Å². The van der Waals surface area contributed by atoms with E-state index >= 15 is 0 Å². The first-order chi connectivity index (χ1) is 6.01. The van der Waals surface area contributed by atoms with Gasteiger partial charge in [0, 0.05) is 19.7 Å². The summed E-state index contributed by atoms with van der Waals surface area (Å²) in [6.07, 6.45) is 0.854. The fraction of sp³-hybridized carbons (Fsp3) is 0.875. The summed E-state index contributed by atoms with van der Waals surface area (Å²) >= 11 is 0. The molecular formula is C8H17N2O2P. The highest BCUT2D eigenvalue weighted by Crippen LogP contribution is 2.49. The van der Waals surface area contributed by atoms with Gasteiger partial charge in [-0.25, -0.2) is 4.67 Å². The van der Waals surface area contributed by atoms with Crippen molar-refractivity contribution in [1.82, 2.24) is 4.67 Å². The van der Waals surface area contributed by atoms with Crippen LogP contribution in [0.4, 0.5) is 0 Å². The molecule has 0 amide bonds. The van der Waals surface area contributed by atoms with Gasteiger partial charge in [0.05, 0.1) is 0 Å². The SMILES string of the molecule is CCCN(C(C)C)P(=O)(C#N)OC. The highest BCUT2D eigenvalue weighted by Gasteiger charge is 2.31. The first kappa shape index (κ1) is 12.6. The Morgan fingerprint density at radius 3 is 2.38 bits per heavy atom. The minimum absolute atomic E-state index is 0.0605. The van der Waals surface area contributed by atoms with E-state index in [4.69, 9.17) is 9.79 Å². The first-order valence-electron chi connectivity index (χ1n) is 4.36. The van der Waals surface area contributed by atoms with Crippen LogP contribution in [-0.4, -0.2) is 24.4 Å². The molecule has 0 saturated carbocycles. The molecule has 0 fully saturated rings. The van der Waals surface area contributed by atoms with Gasteiger partial charge in [-0.2, -0.15) is 5.26 Å². The molecule has 0 aliphatic carbocycles. The van der Waals surface area contributed by atoms with Crippen molar-refractivity contribution >= 4 is 7.52 Å². The Kier molecular flexibility index (Phi) is 5.24. The molecule has 0 aliphatic heterocycles. The molecule has 0 bridgehead atoms. The Hall–Kier alpha value is -0.360. The van der Waals surface area contributed by atoms with Gasteiger partial charge >= 0.3 is 7.52 Å². The van der Waals surface area contributed by atoms with E-state index in [1.807, 2.05) is 20.8 Å². The average Bonchev–Trinajstić information content (AvgIpc) is 2.12. The Morgan fingerprint density at radius 2 is 2.15 bits per heavy atom. The standard InChI is InChI=1S/C8H17N2O2P/c1-5-6-10(8(2)3)13(11,7-9)12-4/h8H,5-6H2,1-4H3. The summed E-state index contributed by atoms with van der Waals surface area (Å²) in [6.45, 7) is 6.40. The molecule has 0 aromatic carbocycles. The van der Waals surface area contributed by atoms with Crippen molar-refractivity contribution in [2.45, 2.75) is 33.2 Å². The Bertz CT molecular complexity index is 235. The molecule has 0 aromatic rings. The minimum Gasteiger partial charge on any atom is -0.310 e. The summed E-state index contributed by atoms with van der Waals surface area (Å²) < 4.78 is 18.2. The molecule has 0 radical (unpaired) electrons. The highest BCUT2D eigenvalue weighted by molar-refractivity contribution is 7.61. The van der Waals surface area contributed by atoms with E-state index in [9.17, 15) is 4.57 Å². The molecule has 0 heterocycles. The van der Waals surface area contributed by atoms with Crippen LogP contribution in [-0.2, 0) is 9.09 Å². The van der Waals surface area contributed by atoms with E-state index in [2.05, 4.69) is 0 Å². The summed E-state index contributed by atoms with van der Waals surface area (Å²) in [5.41, 5.74) is 0. The van der Waals surface area contributed by atoms with Crippen molar-refractivity contribution in [2.75, 3.05) is 13.7 Å². The summed E-state index contributed by atoms with van der Waals surface area (Å²) in [4.78, 5) is 0. The van der Waals surface area contributed by atoms with Gasteiger partial charge in [0.25, 0.3) is 0 Å². The van der Waals surface area contributed by atoms with Crippen molar-refractivity contribution in [3.05, 3.63) is 0 Å². The van der Waals surface area contributed by atoms with Gasteiger partial charge < -0.3 is 4.52 Å². The maximum Gasteiger partial charge on any atom is 0.371 e. The molecule has 76 valence electrons. The van der Waals surface area contributed by atoms with Crippen LogP contribution in [0.2, 0.25) is 0 Å². The Balaban J connectivity index is 4.72. The topological polar surface area (TPSA) is 53.3 Å². The lowest BCUT2D eigenvalue weighted by molar-refractivity contribution is 0.284. The fourth-order valence-electron chi connectivity index (χ4n) is 1.13. The van der Waals surface area contributed by atoms with E-state index < -0.39 is 7.52 Å². The monoisotopic (exact) mass is 204 g/mol. The number of nitriles is 1. The molecule has 0 aromatic heterocycles. The van der Waals surface area contributed by atoms with Crippen molar-refractivity contribution in [2.24, 2.45) is 0 Å². The van der Waals surface area contributed by atoms with Crippen molar-refractivity contribution in [1.29, 1.82) is 5.26 Å². The molecule has 13 heavy (non-hydrogen) atoms. The molecular weight excluding hydrogens is 187 g/mol. The molecule has 1 atom stereocenters. The number of hydrogen-bond acceptors (Lipinski definition) is 3. The van der Waals surface area contributed by atoms with Gasteiger partial charge in [-0.05, 0) is 20.3 Å². The number of hydrogen-bond donors (Lipinski definition) is 0. The summed E-state index contributed by atoms with van der Waals surface area (Å²) in [7, 11) is -1.91. The van der Waals surface area contributed by atoms with E-state index in [0.717, 1.165) is 6.42 Å². The van der Waals surface area contributed by atoms with Crippen LogP contribution in [0.25, 0.3) is 0 Å². The van der Waals surface area contributed by atoms with Crippen molar-refractivity contribution in [3.8, 4) is 5.81 Å². The molecule has 5 heteroatoms. The third kappa shape index (κ3) is 3.11.